The molecule has 0 aliphatic heterocycles. The van der Waals surface area contributed by atoms with Gasteiger partial charge in [0.2, 0.25) is 0 Å². The van der Waals surface area contributed by atoms with E-state index in [1.54, 1.807) is 6.33 Å². The average molecular weight is 508 g/mol. The lowest BCUT2D eigenvalue weighted by Crippen LogP contribution is -2.35. The normalized spacial score (nSPS) is 29.6. The van der Waals surface area contributed by atoms with Gasteiger partial charge in [0, 0.05) is 22.4 Å². The summed E-state index contributed by atoms with van der Waals surface area (Å²) in [6.45, 7) is 1.96. The Labute approximate surface area is 199 Å². The van der Waals surface area contributed by atoms with Crippen LogP contribution in [-0.2, 0) is 0 Å². The van der Waals surface area contributed by atoms with E-state index in [9.17, 15) is 10.2 Å². The molecule has 8 heteroatoms. The first-order valence-electron chi connectivity index (χ1n) is 11.4. The summed E-state index contributed by atoms with van der Waals surface area (Å²) in [5, 5.41) is 24.3. The van der Waals surface area contributed by atoms with Gasteiger partial charge >= 0.3 is 0 Å². The summed E-state index contributed by atoms with van der Waals surface area (Å²) in [6, 6.07) is 10.1. The Morgan fingerprint density at radius 1 is 1.15 bits per heavy atom. The maximum absolute atomic E-state index is 11.2. The van der Waals surface area contributed by atoms with Gasteiger partial charge in [0.05, 0.1) is 27.8 Å². The third-order valence-corrected chi connectivity index (χ3v) is 8.60. The highest BCUT2D eigenvalue weighted by atomic mass is 79.9. The van der Waals surface area contributed by atoms with Gasteiger partial charge in [-0.2, -0.15) is 0 Å². The molecular formula is C25H26BrN5O2. The molecule has 0 unspecified atom stereocenters. The van der Waals surface area contributed by atoms with Crippen LogP contribution in [0.15, 0.2) is 47.3 Å². The van der Waals surface area contributed by atoms with E-state index < -0.39 is 12.2 Å². The van der Waals surface area contributed by atoms with E-state index in [2.05, 4.69) is 49.1 Å². The molecule has 1 spiro atoms. The number of aliphatic hydroxyl groups is 2. The van der Waals surface area contributed by atoms with Gasteiger partial charge in [-0.1, -0.05) is 12.1 Å². The van der Waals surface area contributed by atoms with Crippen molar-refractivity contribution in [3.8, 4) is 0 Å². The minimum absolute atomic E-state index is 0.207. The highest BCUT2D eigenvalue weighted by molar-refractivity contribution is 9.10. The van der Waals surface area contributed by atoms with Crippen LogP contribution in [0.1, 0.15) is 48.9 Å². The van der Waals surface area contributed by atoms with E-state index in [0.717, 1.165) is 57.8 Å². The topological polar surface area (TPSA) is 110 Å². The number of fused-ring (bicyclic) bond motifs is 2. The Kier molecular flexibility index (Phi) is 4.76. The first kappa shape index (κ1) is 21.0. The van der Waals surface area contributed by atoms with Gasteiger partial charge in [0.15, 0.2) is 0 Å². The number of hydrogen-bond acceptors (Lipinski definition) is 6. The van der Waals surface area contributed by atoms with Crippen molar-refractivity contribution in [1.29, 1.82) is 0 Å². The smallest absolute Gasteiger partial charge is 0.143 e. The summed E-state index contributed by atoms with van der Waals surface area (Å²) < 4.78 is 2.83. The van der Waals surface area contributed by atoms with Gasteiger partial charge in [0.1, 0.15) is 23.9 Å². The van der Waals surface area contributed by atoms with Crippen LogP contribution < -0.4 is 5.73 Å². The third kappa shape index (κ3) is 3.19. The van der Waals surface area contributed by atoms with Crippen molar-refractivity contribution in [2.45, 2.75) is 56.8 Å². The molecule has 2 aliphatic carbocycles. The second kappa shape index (κ2) is 7.48. The van der Waals surface area contributed by atoms with Crippen molar-refractivity contribution in [3.05, 3.63) is 58.6 Å². The molecular weight excluding hydrogens is 482 g/mol. The molecule has 3 heterocycles. The molecule has 0 saturated heterocycles. The summed E-state index contributed by atoms with van der Waals surface area (Å²) in [6.07, 6.45) is 5.36. The number of anilines is 1. The highest BCUT2D eigenvalue weighted by Gasteiger charge is 2.56. The fourth-order valence-electron chi connectivity index (χ4n) is 6.18. The summed E-state index contributed by atoms with van der Waals surface area (Å²) in [5.74, 6) is 0.797. The van der Waals surface area contributed by atoms with Gasteiger partial charge in [0.25, 0.3) is 0 Å². The van der Waals surface area contributed by atoms with Crippen molar-refractivity contribution in [3.63, 3.8) is 0 Å². The number of hydrogen-bond donors (Lipinski definition) is 3. The molecule has 2 saturated carbocycles. The lowest BCUT2D eigenvalue weighted by atomic mass is 9.80. The highest BCUT2D eigenvalue weighted by Crippen LogP contribution is 2.58. The van der Waals surface area contributed by atoms with E-state index in [1.165, 1.54) is 5.56 Å². The standard InChI is InChI=1S/C25H26BrN5O2/c1-13-17-5-7-31(24(17)29-12-28-13)20-11-25(22(33)21(20)32)6-4-16(10-25)14-2-3-15-8-18(26)23(27)30-19(15)9-14/h2-3,5,7-9,12,16,20-22,32-33H,4,6,10-11H2,1H3,(H2,27,30)/t16-,20+,21-,22-,25-/m0/s1. The van der Waals surface area contributed by atoms with Crippen molar-refractivity contribution in [1.82, 2.24) is 19.5 Å². The van der Waals surface area contributed by atoms with Gasteiger partial charge in [-0.05, 0) is 78.2 Å². The van der Waals surface area contributed by atoms with Crippen molar-refractivity contribution in [2.75, 3.05) is 5.73 Å². The number of aliphatic hydroxyl groups excluding tert-OH is 2. The first-order chi connectivity index (χ1) is 15.9. The lowest BCUT2D eigenvalue weighted by molar-refractivity contribution is -0.0260. The molecule has 2 fully saturated rings. The number of nitrogens with two attached hydrogens (primary N) is 1. The van der Waals surface area contributed by atoms with Crippen molar-refractivity contribution < 1.29 is 10.2 Å². The number of aryl methyl sites for hydroxylation is 1. The second-order valence-corrected chi connectivity index (χ2v) is 10.6. The van der Waals surface area contributed by atoms with Gasteiger partial charge < -0.3 is 20.5 Å². The first-order valence-corrected chi connectivity index (χ1v) is 12.2. The van der Waals surface area contributed by atoms with Gasteiger partial charge in [-0.15, -0.1) is 0 Å². The van der Waals surface area contributed by atoms with Crippen molar-refractivity contribution in [2.24, 2.45) is 5.41 Å². The number of aromatic nitrogens is 4. The molecule has 1 aromatic carbocycles. The van der Waals surface area contributed by atoms with Crippen LogP contribution in [0, 0.1) is 12.3 Å². The summed E-state index contributed by atoms with van der Waals surface area (Å²) >= 11 is 3.45. The SMILES string of the molecule is Cc1ncnc2c1ccn2[C@@H]1C[C@@]2(CC[C@H](c3ccc4cc(Br)c(N)nc4c3)C2)[C@@H](O)[C@H]1O. The molecule has 3 aromatic heterocycles. The van der Waals surface area contributed by atoms with Gasteiger partial charge in [-0.25, -0.2) is 15.0 Å². The Bertz CT molecular complexity index is 1390. The van der Waals surface area contributed by atoms with E-state index in [4.69, 9.17) is 5.73 Å². The third-order valence-electron chi connectivity index (χ3n) is 7.96. The van der Waals surface area contributed by atoms with Crippen LogP contribution in [0.25, 0.3) is 21.9 Å². The molecule has 5 atom stereocenters. The molecule has 6 rings (SSSR count). The van der Waals surface area contributed by atoms with Crippen molar-refractivity contribution >= 4 is 43.7 Å². The maximum atomic E-state index is 11.2. The Hall–Kier alpha value is -2.55. The minimum atomic E-state index is -0.829. The second-order valence-electron chi connectivity index (χ2n) is 9.74. The quantitative estimate of drug-likeness (QED) is 0.374. The zero-order valence-electron chi connectivity index (χ0n) is 18.3. The summed E-state index contributed by atoms with van der Waals surface area (Å²) in [4.78, 5) is 13.3. The zero-order chi connectivity index (χ0) is 22.9. The minimum Gasteiger partial charge on any atom is -0.390 e. The molecule has 33 heavy (non-hydrogen) atoms. The predicted octanol–water partition coefficient (Wildman–Crippen LogP) is 4.25. The predicted molar refractivity (Wildman–Crippen MR) is 131 cm³/mol. The van der Waals surface area contributed by atoms with E-state index in [1.807, 2.05) is 29.8 Å². The van der Waals surface area contributed by atoms with Crippen LogP contribution in [-0.4, -0.2) is 41.9 Å². The molecule has 170 valence electrons. The molecule has 0 radical (unpaired) electrons. The lowest BCUT2D eigenvalue weighted by Gasteiger charge is -2.28. The van der Waals surface area contributed by atoms with E-state index in [-0.39, 0.29) is 11.5 Å². The summed E-state index contributed by atoms with van der Waals surface area (Å²) in [5.41, 5.74) is 9.52. The van der Waals surface area contributed by atoms with Crippen LogP contribution in [0.4, 0.5) is 5.82 Å². The number of nitrogens with zero attached hydrogens (tertiary/aromatic N) is 4. The Morgan fingerprint density at radius 2 is 2.00 bits per heavy atom. The number of benzene rings is 1. The van der Waals surface area contributed by atoms with Crippen LogP contribution >= 0.6 is 15.9 Å². The fraction of sp³-hybridized carbons (Fsp3) is 0.400. The van der Waals surface area contributed by atoms with Gasteiger partial charge in [-0.3, -0.25) is 0 Å². The molecule has 0 bridgehead atoms. The van der Waals surface area contributed by atoms with Crippen LogP contribution in [0.3, 0.4) is 0 Å². The Morgan fingerprint density at radius 3 is 2.85 bits per heavy atom. The number of nitrogen functional groups attached to an aromatic ring is 1. The number of pyridine rings is 1. The fourth-order valence-corrected chi connectivity index (χ4v) is 6.52. The maximum Gasteiger partial charge on any atom is 0.143 e. The van der Waals surface area contributed by atoms with E-state index in [0.29, 0.717) is 11.7 Å². The molecule has 4 N–H and O–H groups in total. The molecule has 7 nitrogen and oxygen atoms in total. The van der Waals surface area contributed by atoms with Crippen LogP contribution in [0.5, 0.6) is 0 Å². The van der Waals surface area contributed by atoms with Crippen LogP contribution in [0.2, 0.25) is 0 Å². The molecule has 0 amide bonds. The monoisotopic (exact) mass is 507 g/mol. The summed E-state index contributed by atoms with van der Waals surface area (Å²) in [7, 11) is 0. The number of rotatable bonds is 2. The van der Waals surface area contributed by atoms with E-state index >= 15 is 0 Å². The largest absolute Gasteiger partial charge is 0.390 e. The average Bonchev–Trinajstić information content (AvgIpc) is 3.48. The molecule has 2 aliphatic rings. The molecule has 4 aromatic rings. The Balaban J connectivity index is 1.30. The zero-order valence-corrected chi connectivity index (χ0v) is 19.9. The number of halogens is 1.